The van der Waals surface area contributed by atoms with Crippen molar-refractivity contribution in [3.63, 3.8) is 0 Å². The quantitative estimate of drug-likeness (QED) is 0.572. The molecule has 94 valence electrons. The molecule has 0 aromatic heterocycles. The molecule has 2 aliphatic rings. The van der Waals surface area contributed by atoms with Gasteiger partial charge in [0.25, 0.3) is 0 Å². The van der Waals surface area contributed by atoms with Crippen LogP contribution in [-0.2, 0) is 4.74 Å². The van der Waals surface area contributed by atoms with Crippen molar-refractivity contribution in [2.75, 3.05) is 6.61 Å². The molecule has 3 unspecified atom stereocenters. The van der Waals surface area contributed by atoms with E-state index in [1.165, 1.54) is 32.1 Å². The minimum Gasteiger partial charge on any atom is -0.378 e. The van der Waals surface area contributed by atoms with Gasteiger partial charge in [0.15, 0.2) is 0 Å². The lowest BCUT2D eigenvalue weighted by molar-refractivity contribution is 0.0789. The molecule has 0 bridgehead atoms. The Hall–Kier alpha value is -0.120. The summed E-state index contributed by atoms with van der Waals surface area (Å²) in [7, 11) is 0. The monoisotopic (exact) mass is 226 g/mol. The number of rotatable bonds is 3. The van der Waals surface area contributed by atoms with Gasteiger partial charge in [-0.3, -0.25) is 11.3 Å². The standard InChI is InChI=1S/C13H26N2O/c1-9-3-5-11(6-4-9)13(15-14)12-7-8-16-10(12)2/h9-13,15H,3-8,14H2,1-2H3. The van der Waals surface area contributed by atoms with Crippen LogP contribution < -0.4 is 11.3 Å². The SMILES string of the molecule is CC1CCC(C(NN)C2CCOC2C)CC1. The molecule has 0 aromatic rings. The van der Waals surface area contributed by atoms with Gasteiger partial charge in [0.05, 0.1) is 6.10 Å². The highest BCUT2D eigenvalue weighted by Gasteiger charge is 2.36. The van der Waals surface area contributed by atoms with Crippen LogP contribution in [0, 0.1) is 17.8 Å². The van der Waals surface area contributed by atoms with Crippen LogP contribution in [0.3, 0.4) is 0 Å². The van der Waals surface area contributed by atoms with Crippen LogP contribution in [0.15, 0.2) is 0 Å². The molecule has 3 N–H and O–H groups in total. The zero-order chi connectivity index (χ0) is 11.5. The van der Waals surface area contributed by atoms with Gasteiger partial charge in [-0.15, -0.1) is 0 Å². The molecule has 0 radical (unpaired) electrons. The van der Waals surface area contributed by atoms with Crippen LogP contribution in [0.4, 0.5) is 0 Å². The van der Waals surface area contributed by atoms with E-state index in [4.69, 9.17) is 10.6 Å². The maximum absolute atomic E-state index is 5.77. The highest BCUT2D eigenvalue weighted by atomic mass is 16.5. The first-order valence-electron chi connectivity index (χ1n) is 6.80. The smallest absolute Gasteiger partial charge is 0.0591 e. The molecule has 0 amide bonds. The lowest BCUT2D eigenvalue weighted by atomic mass is 9.74. The third kappa shape index (κ3) is 2.58. The zero-order valence-corrected chi connectivity index (χ0v) is 10.6. The summed E-state index contributed by atoms with van der Waals surface area (Å²) in [4.78, 5) is 0. The van der Waals surface area contributed by atoms with Gasteiger partial charge < -0.3 is 4.74 Å². The number of nitrogens with two attached hydrogens (primary N) is 1. The summed E-state index contributed by atoms with van der Waals surface area (Å²) >= 11 is 0. The van der Waals surface area contributed by atoms with Crippen LogP contribution in [0.2, 0.25) is 0 Å². The van der Waals surface area contributed by atoms with Crippen molar-refractivity contribution < 1.29 is 4.74 Å². The summed E-state index contributed by atoms with van der Waals surface area (Å²) in [6.07, 6.45) is 6.94. The number of hydrogen-bond acceptors (Lipinski definition) is 3. The Labute approximate surface area is 99.1 Å². The number of nitrogens with one attached hydrogen (secondary N) is 1. The molecule has 1 aliphatic heterocycles. The third-order valence-corrected chi connectivity index (χ3v) is 4.66. The van der Waals surface area contributed by atoms with Gasteiger partial charge in [0.1, 0.15) is 0 Å². The van der Waals surface area contributed by atoms with Crippen LogP contribution in [0.25, 0.3) is 0 Å². The highest BCUT2D eigenvalue weighted by Crippen LogP contribution is 2.36. The van der Waals surface area contributed by atoms with Crippen LogP contribution in [0.5, 0.6) is 0 Å². The molecule has 1 saturated heterocycles. The Bertz CT molecular complexity index is 214. The van der Waals surface area contributed by atoms with Crippen molar-refractivity contribution in [1.82, 2.24) is 5.43 Å². The van der Waals surface area contributed by atoms with E-state index in [0.29, 0.717) is 18.1 Å². The summed E-state index contributed by atoms with van der Waals surface area (Å²) in [6.45, 7) is 5.46. The van der Waals surface area contributed by atoms with E-state index < -0.39 is 0 Å². The van der Waals surface area contributed by atoms with E-state index in [-0.39, 0.29) is 0 Å². The van der Waals surface area contributed by atoms with E-state index >= 15 is 0 Å². The highest BCUT2D eigenvalue weighted by molar-refractivity contribution is 4.89. The Morgan fingerprint density at radius 3 is 2.31 bits per heavy atom. The van der Waals surface area contributed by atoms with Crippen molar-refractivity contribution in [2.45, 2.75) is 58.1 Å². The average molecular weight is 226 g/mol. The maximum atomic E-state index is 5.77. The van der Waals surface area contributed by atoms with Crippen molar-refractivity contribution >= 4 is 0 Å². The van der Waals surface area contributed by atoms with E-state index in [0.717, 1.165) is 18.4 Å². The summed E-state index contributed by atoms with van der Waals surface area (Å²) in [5, 5.41) is 0. The van der Waals surface area contributed by atoms with Gasteiger partial charge in [-0.2, -0.15) is 0 Å². The number of ether oxygens (including phenoxy) is 1. The van der Waals surface area contributed by atoms with Gasteiger partial charge in [-0.25, -0.2) is 0 Å². The second-order valence-electron chi connectivity index (χ2n) is 5.74. The molecule has 2 rings (SSSR count). The van der Waals surface area contributed by atoms with Crippen molar-refractivity contribution in [2.24, 2.45) is 23.6 Å². The van der Waals surface area contributed by atoms with Crippen molar-refractivity contribution in [1.29, 1.82) is 0 Å². The Balaban J connectivity index is 1.93. The van der Waals surface area contributed by atoms with Crippen molar-refractivity contribution in [3.05, 3.63) is 0 Å². The largest absolute Gasteiger partial charge is 0.378 e. The Morgan fingerprint density at radius 1 is 1.12 bits per heavy atom. The molecule has 16 heavy (non-hydrogen) atoms. The Kier molecular flexibility index (Phi) is 4.22. The summed E-state index contributed by atoms with van der Waals surface area (Å²) < 4.78 is 5.66. The van der Waals surface area contributed by atoms with E-state index in [1.807, 2.05) is 0 Å². The van der Waals surface area contributed by atoms with Crippen LogP contribution >= 0.6 is 0 Å². The first-order chi connectivity index (χ1) is 7.72. The van der Waals surface area contributed by atoms with Crippen LogP contribution in [0.1, 0.15) is 46.0 Å². The molecule has 0 aromatic carbocycles. The molecule has 3 atom stereocenters. The predicted octanol–water partition coefficient (Wildman–Crippen LogP) is 2.07. The summed E-state index contributed by atoms with van der Waals surface area (Å²) in [6, 6.07) is 0.463. The van der Waals surface area contributed by atoms with Gasteiger partial charge in [0.2, 0.25) is 0 Å². The van der Waals surface area contributed by atoms with E-state index in [2.05, 4.69) is 19.3 Å². The third-order valence-electron chi connectivity index (χ3n) is 4.66. The summed E-state index contributed by atoms with van der Waals surface area (Å²) in [5.41, 5.74) is 3.08. The maximum Gasteiger partial charge on any atom is 0.0591 e. The molecule has 1 aliphatic carbocycles. The molecule has 1 saturated carbocycles. The molecule has 3 heteroatoms. The van der Waals surface area contributed by atoms with Gasteiger partial charge >= 0.3 is 0 Å². The molecule has 0 spiro atoms. The van der Waals surface area contributed by atoms with Gasteiger partial charge in [0, 0.05) is 18.6 Å². The molecule has 1 heterocycles. The fourth-order valence-corrected chi connectivity index (χ4v) is 3.47. The van der Waals surface area contributed by atoms with Crippen molar-refractivity contribution in [3.8, 4) is 0 Å². The first-order valence-corrected chi connectivity index (χ1v) is 6.80. The second-order valence-corrected chi connectivity index (χ2v) is 5.74. The minimum atomic E-state index is 0.375. The molecular formula is C13H26N2O. The van der Waals surface area contributed by atoms with E-state index in [1.54, 1.807) is 0 Å². The lowest BCUT2D eigenvalue weighted by Gasteiger charge is -2.36. The molecule has 2 fully saturated rings. The topological polar surface area (TPSA) is 47.3 Å². The fraction of sp³-hybridized carbons (Fsp3) is 1.00. The van der Waals surface area contributed by atoms with Gasteiger partial charge in [-0.1, -0.05) is 19.8 Å². The average Bonchev–Trinajstić information content (AvgIpc) is 2.69. The first kappa shape index (κ1) is 12.3. The summed E-state index contributed by atoms with van der Waals surface area (Å²) in [5.74, 6) is 8.06. The number of hydrazine groups is 1. The van der Waals surface area contributed by atoms with Crippen LogP contribution in [-0.4, -0.2) is 18.8 Å². The Morgan fingerprint density at radius 2 is 1.81 bits per heavy atom. The normalized spacial score (nSPS) is 42.2. The fourth-order valence-electron chi connectivity index (χ4n) is 3.47. The second kappa shape index (κ2) is 5.48. The van der Waals surface area contributed by atoms with Gasteiger partial charge in [-0.05, 0) is 38.0 Å². The molecule has 3 nitrogen and oxygen atoms in total. The predicted molar refractivity (Wildman–Crippen MR) is 65.8 cm³/mol. The van der Waals surface area contributed by atoms with E-state index in [9.17, 15) is 0 Å². The lowest BCUT2D eigenvalue weighted by Crippen LogP contribution is -2.48. The minimum absolute atomic E-state index is 0.375. The zero-order valence-electron chi connectivity index (χ0n) is 10.6. The molecular weight excluding hydrogens is 200 g/mol. The number of hydrogen-bond donors (Lipinski definition) is 2.